The second-order valence-electron chi connectivity index (χ2n) is 4.10. The molecule has 0 bridgehead atoms. The lowest BCUT2D eigenvalue weighted by molar-refractivity contribution is 0.302. The summed E-state index contributed by atoms with van der Waals surface area (Å²) in [6, 6.07) is 3.55. The normalized spacial score (nSPS) is 10.8. The largest absolute Gasteiger partial charge is 0.506 e. The molecule has 0 saturated carbocycles. The van der Waals surface area contributed by atoms with E-state index in [9.17, 15) is 5.11 Å². The first-order chi connectivity index (χ1) is 8.76. The topological polar surface area (TPSA) is 69.5 Å². The van der Waals surface area contributed by atoms with Crippen molar-refractivity contribution in [2.75, 3.05) is 24.6 Å². The molecule has 1 aromatic carbocycles. The molecule has 0 unspecified atom stereocenters. The number of nitrogens with zero attached hydrogens (tertiary/aromatic N) is 3. The van der Waals surface area contributed by atoms with E-state index in [-0.39, 0.29) is 12.4 Å². The highest BCUT2D eigenvalue weighted by atomic mass is 16.3. The number of phenols is 1. The molecule has 18 heavy (non-hydrogen) atoms. The van der Waals surface area contributed by atoms with E-state index in [1.54, 1.807) is 18.5 Å². The van der Waals surface area contributed by atoms with Crippen LogP contribution in [0.1, 0.15) is 13.3 Å². The fraction of sp³-hybridized carbons (Fsp3) is 0.385. The number of aliphatic hydroxyl groups is 1. The van der Waals surface area contributed by atoms with Crippen LogP contribution in [-0.2, 0) is 0 Å². The molecule has 0 radical (unpaired) electrons. The van der Waals surface area contributed by atoms with E-state index in [0.29, 0.717) is 17.6 Å². The lowest BCUT2D eigenvalue weighted by Gasteiger charge is -2.23. The van der Waals surface area contributed by atoms with Crippen molar-refractivity contribution in [3.63, 3.8) is 0 Å². The van der Waals surface area contributed by atoms with Gasteiger partial charge < -0.3 is 15.1 Å². The van der Waals surface area contributed by atoms with Gasteiger partial charge in [-0.1, -0.05) is 6.92 Å². The van der Waals surface area contributed by atoms with Crippen molar-refractivity contribution in [1.82, 2.24) is 9.97 Å². The van der Waals surface area contributed by atoms with Crippen LogP contribution >= 0.6 is 0 Å². The summed E-state index contributed by atoms with van der Waals surface area (Å²) in [4.78, 5) is 10.3. The number of rotatable bonds is 5. The summed E-state index contributed by atoms with van der Waals surface area (Å²) in [5.41, 5.74) is 2.02. The monoisotopic (exact) mass is 247 g/mol. The van der Waals surface area contributed by atoms with Crippen LogP contribution in [0, 0.1) is 0 Å². The number of benzene rings is 1. The molecule has 96 valence electrons. The number of hydrogen-bond acceptors (Lipinski definition) is 5. The number of hydrogen-bond donors (Lipinski definition) is 2. The van der Waals surface area contributed by atoms with Crippen LogP contribution < -0.4 is 4.90 Å². The summed E-state index contributed by atoms with van der Waals surface area (Å²) in [7, 11) is 0. The number of aromatic hydroxyl groups is 1. The van der Waals surface area contributed by atoms with Gasteiger partial charge in [-0.05, 0) is 12.5 Å². The predicted octanol–water partition coefficient (Wildman–Crippen LogP) is 1.54. The molecule has 1 aromatic heterocycles. The second-order valence-corrected chi connectivity index (χ2v) is 4.10. The Bertz CT molecular complexity index is 525. The Balaban J connectivity index is 2.43. The van der Waals surface area contributed by atoms with Gasteiger partial charge in [0.25, 0.3) is 0 Å². The third-order valence-corrected chi connectivity index (χ3v) is 2.77. The van der Waals surface area contributed by atoms with Gasteiger partial charge in [-0.15, -0.1) is 0 Å². The Morgan fingerprint density at radius 1 is 1.17 bits per heavy atom. The molecule has 0 saturated heterocycles. The van der Waals surface area contributed by atoms with E-state index in [0.717, 1.165) is 18.7 Å². The maximum atomic E-state index is 9.95. The Hall–Kier alpha value is -1.88. The molecule has 2 N–H and O–H groups in total. The number of fused-ring (bicyclic) bond motifs is 1. The highest BCUT2D eigenvalue weighted by molar-refractivity contribution is 5.84. The van der Waals surface area contributed by atoms with Gasteiger partial charge in [0, 0.05) is 37.2 Å². The first kappa shape index (κ1) is 12.6. The van der Waals surface area contributed by atoms with Gasteiger partial charge in [-0.3, -0.25) is 4.98 Å². The zero-order chi connectivity index (χ0) is 13.0. The first-order valence-electron chi connectivity index (χ1n) is 6.05. The van der Waals surface area contributed by atoms with Crippen LogP contribution in [0.25, 0.3) is 11.0 Å². The van der Waals surface area contributed by atoms with Gasteiger partial charge in [0.2, 0.25) is 0 Å². The highest BCUT2D eigenvalue weighted by Gasteiger charge is 2.10. The Morgan fingerprint density at radius 3 is 2.67 bits per heavy atom. The van der Waals surface area contributed by atoms with Crippen molar-refractivity contribution in [2.24, 2.45) is 0 Å². The maximum absolute atomic E-state index is 9.95. The van der Waals surface area contributed by atoms with Crippen LogP contribution in [0.15, 0.2) is 24.5 Å². The predicted molar refractivity (Wildman–Crippen MR) is 70.8 cm³/mol. The molecular formula is C13H17N3O2. The van der Waals surface area contributed by atoms with Gasteiger partial charge >= 0.3 is 0 Å². The minimum Gasteiger partial charge on any atom is -0.506 e. The van der Waals surface area contributed by atoms with Crippen LogP contribution in [0.4, 0.5) is 5.69 Å². The molecule has 0 atom stereocenters. The SMILES string of the molecule is CCCN(CCO)c1cc(O)c2nccnc2c1. The lowest BCUT2D eigenvalue weighted by Crippen LogP contribution is -2.27. The quantitative estimate of drug-likeness (QED) is 0.838. The van der Waals surface area contributed by atoms with Crippen molar-refractivity contribution >= 4 is 16.7 Å². The molecule has 0 aliphatic carbocycles. The molecule has 0 fully saturated rings. The summed E-state index contributed by atoms with van der Waals surface area (Å²) in [5, 5.41) is 19.0. The van der Waals surface area contributed by atoms with E-state index in [1.165, 1.54) is 0 Å². The summed E-state index contributed by atoms with van der Waals surface area (Å²) in [6.45, 7) is 3.52. The van der Waals surface area contributed by atoms with E-state index in [1.807, 2.05) is 11.0 Å². The van der Waals surface area contributed by atoms with Gasteiger partial charge in [0.1, 0.15) is 11.3 Å². The second kappa shape index (κ2) is 5.64. The van der Waals surface area contributed by atoms with Crippen molar-refractivity contribution in [1.29, 1.82) is 0 Å². The standard InChI is InChI=1S/C13H17N3O2/c1-2-5-16(6-7-17)10-8-11-13(12(18)9-10)15-4-3-14-11/h3-4,8-9,17-18H,2,5-7H2,1H3. The molecule has 5 nitrogen and oxygen atoms in total. The number of phenolic OH excluding ortho intramolecular Hbond substituents is 1. The third-order valence-electron chi connectivity index (χ3n) is 2.77. The summed E-state index contributed by atoms with van der Waals surface area (Å²) < 4.78 is 0. The zero-order valence-corrected chi connectivity index (χ0v) is 10.4. The van der Waals surface area contributed by atoms with Crippen LogP contribution in [-0.4, -0.2) is 39.9 Å². The van der Waals surface area contributed by atoms with Gasteiger partial charge in [0.15, 0.2) is 0 Å². The van der Waals surface area contributed by atoms with Crippen LogP contribution in [0.2, 0.25) is 0 Å². The third kappa shape index (κ3) is 2.51. The average Bonchev–Trinajstić information content (AvgIpc) is 2.38. The van der Waals surface area contributed by atoms with Crippen molar-refractivity contribution < 1.29 is 10.2 Å². The minimum absolute atomic E-state index is 0.0826. The smallest absolute Gasteiger partial charge is 0.145 e. The number of aliphatic hydroxyl groups excluding tert-OH is 1. The fourth-order valence-electron chi connectivity index (χ4n) is 1.99. The average molecular weight is 247 g/mol. The van der Waals surface area contributed by atoms with E-state index in [4.69, 9.17) is 5.11 Å². The highest BCUT2D eigenvalue weighted by Crippen LogP contribution is 2.28. The minimum atomic E-state index is 0.0826. The van der Waals surface area contributed by atoms with E-state index in [2.05, 4.69) is 16.9 Å². The summed E-state index contributed by atoms with van der Waals surface area (Å²) >= 11 is 0. The van der Waals surface area contributed by atoms with Gasteiger partial charge in [0.05, 0.1) is 12.1 Å². The molecule has 0 spiro atoms. The summed E-state index contributed by atoms with van der Waals surface area (Å²) in [6.07, 6.45) is 4.13. The summed E-state index contributed by atoms with van der Waals surface area (Å²) in [5.74, 6) is 0.120. The van der Waals surface area contributed by atoms with Gasteiger partial charge in [-0.2, -0.15) is 0 Å². The molecular weight excluding hydrogens is 230 g/mol. The lowest BCUT2D eigenvalue weighted by atomic mass is 10.2. The van der Waals surface area contributed by atoms with Crippen molar-refractivity contribution in [2.45, 2.75) is 13.3 Å². The zero-order valence-electron chi connectivity index (χ0n) is 10.4. The first-order valence-corrected chi connectivity index (χ1v) is 6.05. The Morgan fingerprint density at radius 2 is 1.94 bits per heavy atom. The maximum Gasteiger partial charge on any atom is 0.145 e. The molecule has 0 amide bonds. The molecule has 2 aromatic rings. The Labute approximate surface area is 106 Å². The molecule has 2 rings (SSSR count). The number of anilines is 1. The molecule has 0 aliphatic heterocycles. The van der Waals surface area contributed by atoms with Crippen molar-refractivity contribution in [3.05, 3.63) is 24.5 Å². The van der Waals surface area contributed by atoms with E-state index < -0.39 is 0 Å². The van der Waals surface area contributed by atoms with E-state index >= 15 is 0 Å². The molecule has 0 aliphatic rings. The Kier molecular flexibility index (Phi) is 3.94. The molecule has 5 heteroatoms. The van der Waals surface area contributed by atoms with Gasteiger partial charge in [-0.25, -0.2) is 4.98 Å². The number of aromatic nitrogens is 2. The fourth-order valence-corrected chi connectivity index (χ4v) is 1.99. The van der Waals surface area contributed by atoms with Crippen LogP contribution in [0.3, 0.4) is 0 Å². The van der Waals surface area contributed by atoms with Crippen molar-refractivity contribution in [3.8, 4) is 5.75 Å². The molecule has 1 heterocycles. The van der Waals surface area contributed by atoms with Crippen LogP contribution in [0.5, 0.6) is 5.75 Å².